The average molecular weight is 279 g/mol. The maximum absolute atomic E-state index is 13.9. The topological polar surface area (TPSA) is 16.1 Å². The molecule has 0 bridgehead atoms. The first kappa shape index (κ1) is 13.8. The summed E-state index contributed by atoms with van der Waals surface area (Å²) in [5, 5.41) is 0. The van der Waals surface area contributed by atoms with E-state index in [1.807, 2.05) is 43.1 Å². The zero-order valence-electron chi connectivity index (χ0n) is 11.0. The van der Waals surface area contributed by atoms with Crippen LogP contribution in [0.2, 0.25) is 0 Å². The zero-order valence-corrected chi connectivity index (χ0v) is 11.8. The van der Waals surface area contributed by atoms with E-state index in [-0.39, 0.29) is 5.82 Å². The largest absolute Gasteiger partial charge is 0.366 e. The van der Waals surface area contributed by atoms with Crippen molar-refractivity contribution < 1.29 is 4.39 Å². The van der Waals surface area contributed by atoms with Crippen molar-refractivity contribution in [3.8, 4) is 0 Å². The van der Waals surface area contributed by atoms with Crippen LogP contribution in [0.1, 0.15) is 17.0 Å². The molecule has 0 unspecified atom stereocenters. The predicted octanol–water partition coefficient (Wildman–Crippen LogP) is 3.90. The van der Waals surface area contributed by atoms with Gasteiger partial charge in [-0.05, 0) is 30.7 Å². The van der Waals surface area contributed by atoms with E-state index in [9.17, 15) is 4.39 Å². The molecule has 4 heteroatoms. The Morgan fingerprint density at radius 2 is 1.95 bits per heavy atom. The third-order valence-electron chi connectivity index (χ3n) is 2.94. The van der Waals surface area contributed by atoms with Gasteiger partial charge in [0.1, 0.15) is 5.82 Å². The van der Waals surface area contributed by atoms with Gasteiger partial charge in [-0.25, -0.2) is 4.39 Å². The second-order valence-electron chi connectivity index (χ2n) is 4.51. The van der Waals surface area contributed by atoms with Crippen LogP contribution in [-0.2, 0) is 12.4 Å². The highest BCUT2D eigenvalue weighted by atomic mass is 35.5. The van der Waals surface area contributed by atoms with Crippen LogP contribution in [0.15, 0.2) is 36.4 Å². The van der Waals surface area contributed by atoms with E-state index in [0.717, 1.165) is 17.0 Å². The SMILES string of the molecule is Cc1cccc(CN(C)c2c(F)cccc2CCl)n1. The van der Waals surface area contributed by atoms with Crippen molar-refractivity contribution in [3.05, 3.63) is 59.2 Å². The maximum Gasteiger partial charge on any atom is 0.146 e. The lowest BCUT2D eigenvalue weighted by Gasteiger charge is -2.22. The fourth-order valence-corrected chi connectivity index (χ4v) is 2.32. The molecule has 0 aliphatic rings. The molecule has 0 fully saturated rings. The molecule has 0 radical (unpaired) electrons. The Morgan fingerprint density at radius 3 is 2.63 bits per heavy atom. The first-order valence-corrected chi connectivity index (χ1v) is 6.62. The molecule has 2 nitrogen and oxygen atoms in total. The standard InChI is InChI=1S/C15H16ClFN2/c1-11-5-3-7-13(18-11)10-19(2)15-12(9-16)6-4-8-14(15)17/h3-8H,9-10H2,1-2H3. The highest BCUT2D eigenvalue weighted by Gasteiger charge is 2.13. The summed E-state index contributed by atoms with van der Waals surface area (Å²) >= 11 is 5.87. The number of nitrogens with zero attached hydrogens (tertiary/aromatic N) is 2. The Hall–Kier alpha value is -1.61. The van der Waals surface area contributed by atoms with Gasteiger partial charge >= 0.3 is 0 Å². The van der Waals surface area contributed by atoms with Gasteiger partial charge in [0.15, 0.2) is 0 Å². The predicted molar refractivity (Wildman–Crippen MR) is 77.0 cm³/mol. The quantitative estimate of drug-likeness (QED) is 0.789. The van der Waals surface area contributed by atoms with E-state index in [1.165, 1.54) is 6.07 Å². The molecule has 0 amide bonds. The van der Waals surface area contributed by atoms with Crippen LogP contribution in [0.4, 0.5) is 10.1 Å². The first-order valence-electron chi connectivity index (χ1n) is 6.09. The van der Waals surface area contributed by atoms with E-state index < -0.39 is 0 Å². The minimum Gasteiger partial charge on any atom is -0.366 e. The van der Waals surface area contributed by atoms with Crippen LogP contribution in [0.25, 0.3) is 0 Å². The minimum absolute atomic E-state index is 0.256. The van der Waals surface area contributed by atoms with E-state index in [0.29, 0.717) is 18.1 Å². The summed E-state index contributed by atoms with van der Waals surface area (Å²) in [7, 11) is 1.85. The third kappa shape index (κ3) is 3.24. The molecule has 2 rings (SSSR count). The van der Waals surface area contributed by atoms with E-state index >= 15 is 0 Å². The number of benzene rings is 1. The smallest absolute Gasteiger partial charge is 0.146 e. The molecule has 2 aromatic rings. The summed E-state index contributed by atoms with van der Waals surface area (Å²) in [6, 6.07) is 10.8. The zero-order chi connectivity index (χ0) is 13.8. The highest BCUT2D eigenvalue weighted by molar-refractivity contribution is 6.17. The summed E-state index contributed by atoms with van der Waals surface area (Å²) in [5.41, 5.74) is 3.20. The molecular weight excluding hydrogens is 263 g/mol. The van der Waals surface area contributed by atoms with E-state index in [4.69, 9.17) is 11.6 Å². The summed E-state index contributed by atoms with van der Waals surface area (Å²) in [4.78, 5) is 6.27. The lowest BCUT2D eigenvalue weighted by Crippen LogP contribution is -2.20. The Bertz CT molecular complexity index is 572. The number of hydrogen-bond acceptors (Lipinski definition) is 2. The summed E-state index contributed by atoms with van der Waals surface area (Å²) < 4.78 is 13.9. The van der Waals surface area contributed by atoms with Gasteiger partial charge < -0.3 is 4.90 Å². The Morgan fingerprint density at radius 1 is 1.21 bits per heavy atom. The average Bonchev–Trinajstić information content (AvgIpc) is 2.38. The van der Waals surface area contributed by atoms with E-state index in [2.05, 4.69) is 4.98 Å². The first-order chi connectivity index (χ1) is 9.11. The second kappa shape index (κ2) is 6.02. The molecule has 0 N–H and O–H groups in total. The molecule has 100 valence electrons. The molecule has 19 heavy (non-hydrogen) atoms. The lowest BCUT2D eigenvalue weighted by atomic mass is 10.1. The monoisotopic (exact) mass is 278 g/mol. The molecule has 0 aliphatic heterocycles. The number of para-hydroxylation sites is 1. The van der Waals surface area contributed by atoms with Crippen LogP contribution in [0.3, 0.4) is 0 Å². The number of rotatable bonds is 4. The number of pyridine rings is 1. The van der Waals surface area contributed by atoms with Crippen molar-refractivity contribution in [2.75, 3.05) is 11.9 Å². The van der Waals surface area contributed by atoms with Gasteiger partial charge in [-0.15, -0.1) is 11.6 Å². The van der Waals surface area contributed by atoms with Gasteiger partial charge in [0.2, 0.25) is 0 Å². The molecule has 0 aliphatic carbocycles. The van der Waals surface area contributed by atoms with Crippen molar-refractivity contribution >= 4 is 17.3 Å². The molecule has 0 saturated carbocycles. The fraction of sp³-hybridized carbons (Fsp3) is 0.267. The number of halogens is 2. The fourth-order valence-electron chi connectivity index (χ4n) is 2.10. The number of aromatic nitrogens is 1. The molecule has 0 saturated heterocycles. The Labute approximate surface area is 117 Å². The Kier molecular flexibility index (Phi) is 4.38. The van der Waals surface area contributed by atoms with Crippen LogP contribution in [0, 0.1) is 12.7 Å². The van der Waals surface area contributed by atoms with Crippen LogP contribution >= 0.6 is 11.6 Å². The van der Waals surface area contributed by atoms with Crippen molar-refractivity contribution in [3.63, 3.8) is 0 Å². The highest BCUT2D eigenvalue weighted by Crippen LogP contribution is 2.26. The van der Waals surface area contributed by atoms with Crippen molar-refractivity contribution in [2.45, 2.75) is 19.3 Å². The third-order valence-corrected chi connectivity index (χ3v) is 3.23. The number of alkyl halides is 1. The second-order valence-corrected chi connectivity index (χ2v) is 4.77. The number of aryl methyl sites for hydroxylation is 1. The maximum atomic E-state index is 13.9. The van der Waals surface area contributed by atoms with Crippen LogP contribution < -0.4 is 4.90 Å². The summed E-state index contributed by atoms with van der Waals surface area (Å²) in [5.74, 6) is 0.0342. The van der Waals surface area contributed by atoms with E-state index in [1.54, 1.807) is 6.07 Å². The van der Waals surface area contributed by atoms with Gasteiger partial charge in [0.25, 0.3) is 0 Å². The van der Waals surface area contributed by atoms with Crippen molar-refractivity contribution in [1.29, 1.82) is 0 Å². The van der Waals surface area contributed by atoms with Gasteiger partial charge in [-0.2, -0.15) is 0 Å². The summed E-state index contributed by atoms with van der Waals surface area (Å²) in [6.07, 6.45) is 0. The molecule has 0 atom stereocenters. The normalized spacial score (nSPS) is 10.5. The lowest BCUT2D eigenvalue weighted by molar-refractivity contribution is 0.620. The number of anilines is 1. The van der Waals surface area contributed by atoms with Gasteiger partial charge in [0, 0.05) is 18.6 Å². The van der Waals surface area contributed by atoms with Gasteiger partial charge in [-0.3, -0.25) is 4.98 Å². The van der Waals surface area contributed by atoms with Gasteiger partial charge in [-0.1, -0.05) is 18.2 Å². The molecular formula is C15H16ClFN2. The molecule has 1 aromatic carbocycles. The Balaban J connectivity index is 2.27. The van der Waals surface area contributed by atoms with Crippen LogP contribution in [-0.4, -0.2) is 12.0 Å². The summed E-state index contributed by atoms with van der Waals surface area (Å²) in [6.45, 7) is 2.49. The minimum atomic E-state index is -0.256. The molecule has 1 aromatic heterocycles. The van der Waals surface area contributed by atoms with Crippen molar-refractivity contribution in [2.24, 2.45) is 0 Å². The molecule has 1 heterocycles. The van der Waals surface area contributed by atoms with Crippen molar-refractivity contribution in [1.82, 2.24) is 4.98 Å². The van der Waals surface area contributed by atoms with Gasteiger partial charge in [0.05, 0.1) is 17.9 Å². The van der Waals surface area contributed by atoms with Crippen LogP contribution in [0.5, 0.6) is 0 Å². The molecule has 0 spiro atoms. The number of hydrogen-bond donors (Lipinski definition) is 0.